The van der Waals surface area contributed by atoms with Gasteiger partial charge in [-0.25, -0.2) is 0 Å². The molecule has 0 bridgehead atoms. The molecule has 3 nitrogen and oxygen atoms in total. The van der Waals surface area contributed by atoms with Gasteiger partial charge in [0.25, 0.3) is 0 Å². The van der Waals surface area contributed by atoms with Gasteiger partial charge in [-0.1, -0.05) is 32.9 Å². The number of carbonyl (C=O) groups excluding carboxylic acids is 2. The third-order valence-electron chi connectivity index (χ3n) is 2.86. The van der Waals surface area contributed by atoms with Gasteiger partial charge >= 0.3 is 0 Å². The van der Waals surface area contributed by atoms with E-state index in [1.165, 1.54) is 0 Å². The number of hydrogen-bond donors (Lipinski definition) is 0. The summed E-state index contributed by atoms with van der Waals surface area (Å²) in [6, 6.07) is 0. The normalized spacial score (nSPS) is 13.8. The van der Waals surface area contributed by atoms with Crippen LogP contribution in [0.1, 0.15) is 33.6 Å². The second kappa shape index (κ2) is 9.68. The molecule has 0 rings (SSSR count). The monoisotopic (exact) mass is 265 g/mol. The third-order valence-corrected chi connectivity index (χ3v) is 2.86. The summed E-state index contributed by atoms with van der Waals surface area (Å²) >= 11 is 0. The number of rotatable bonds is 9. The summed E-state index contributed by atoms with van der Waals surface area (Å²) in [5.41, 5.74) is 0. The predicted molar refractivity (Wildman–Crippen MR) is 80.1 cm³/mol. The van der Waals surface area contributed by atoms with Crippen LogP contribution >= 0.6 is 0 Å². The van der Waals surface area contributed by atoms with E-state index in [0.717, 1.165) is 19.4 Å². The highest BCUT2D eigenvalue weighted by Gasteiger charge is 2.08. The maximum absolute atomic E-state index is 11.8. The van der Waals surface area contributed by atoms with Gasteiger partial charge in [0.2, 0.25) is 0 Å². The summed E-state index contributed by atoms with van der Waals surface area (Å²) in [7, 11) is 3.93. The van der Waals surface area contributed by atoms with Gasteiger partial charge < -0.3 is 4.90 Å². The standard InChI is InChI=1S/C16H27NO2/c1-13(2)15(18)10-7-6-9-14(3)16(19)11-8-12-17(4)5/h7-8,10-11,13-14H,6,9,12H2,1-5H3/b10-7+,11-8+. The highest BCUT2D eigenvalue weighted by molar-refractivity contribution is 5.92. The van der Waals surface area contributed by atoms with Crippen molar-refractivity contribution in [3.63, 3.8) is 0 Å². The number of allylic oxidation sites excluding steroid dienone is 3. The Bertz CT molecular complexity index is 341. The van der Waals surface area contributed by atoms with Crippen molar-refractivity contribution in [3.05, 3.63) is 24.3 Å². The van der Waals surface area contributed by atoms with Gasteiger partial charge in [-0.3, -0.25) is 9.59 Å². The average Bonchev–Trinajstić information content (AvgIpc) is 2.33. The molecule has 0 aliphatic heterocycles. The Hall–Kier alpha value is -1.22. The third kappa shape index (κ3) is 9.37. The lowest BCUT2D eigenvalue weighted by Crippen LogP contribution is -2.12. The molecule has 0 aromatic rings. The number of hydrogen-bond acceptors (Lipinski definition) is 3. The maximum atomic E-state index is 11.8. The Morgan fingerprint density at radius 2 is 1.58 bits per heavy atom. The fourth-order valence-electron chi connectivity index (χ4n) is 1.42. The molecule has 0 radical (unpaired) electrons. The van der Waals surface area contributed by atoms with E-state index < -0.39 is 0 Å². The van der Waals surface area contributed by atoms with E-state index in [2.05, 4.69) is 0 Å². The van der Waals surface area contributed by atoms with E-state index in [9.17, 15) is 9.59 Å². The molecule has 0 aromatic carbocycles. The minimum absolute atomic E-state index is 0.0113. The van der Waals surface area contributed by atoms with Gasteiger partial charge in [0, 0.05) is 18.4 Å². The van der Waals surface area contributed by atoms with E-state index in [0.29, 0.717) is 0 Å². The summed E-state index contributed by atoms with van der Waals surface area (Å²) in [6.07, 6.45) is 8.60. The zero-order valence-electron chi connectivity index (χ0n) is 12.8. The van der Waals surface area contributed by atoms with E-state index in [-0.39, 0.29) is 23.4 Å². The highest BCUT2D eigenvalue weighted by atomic mass is 16.1. The summed E-state index contributed by atoms with van der Waals surface area (Å²) in [4.78, 5) is 25.1. The van der Waals surface area contributed by atoms with Crippen LogP contribution in [0.15, 0.2) is 24.3 Å². The van der Waals surface area contributed by atoms with Crippen LogP contribution in [0.25, 0.3) is 0 Å². The largest absolute Gasteiger partial charge is 0.306 e. The summed E-state index contributed by atoms with van der Waals surface area (Å²) in [5, 5.41) is 0. The minimum Gasteiger partial charge on any atom is -0.306 e. The van der Waals surface area contributed by atoms with Crippen molar-refractivity contribution < 1.29 is 9.59 Å². The molecule has 3 heteroatoms. The number of carbonyl (C=O) groups is 2. The van der Waals surface area contributed by atoms with Gasteiger partial charge in [-0.15, -0.1) is 0 Å². The number of nitrogens with zero attached hydrogens (tertiary/aromatic N) is 1. The zero-order chi connectivity index (χ0) is 14.8. The van der Waals surface area contributed by atoms with Crippen molar-refractivity contribution in [1.82, 2.24) is 4.90 Å². The van der Waals surface area contributed by atoms with Gasteiger partial charge in [-0.05, 0) is 39.1 Å². The maximum Gasteiger partial charge on any atom is 0.158 e. The van der Waals surface area contributed by atoms with E-state index in [1.807, 2.05) is 51.9 Å². The van der Waals surface area contributed by atoms with Crippen LogP contribution in [-0.2, 0) is 9.59 Å². The van der Waals surface area contributed by atoms with Gasteiger partial charge in [0.1, 0.15) is 0 Å². The molecule has 108 valence electrons. The van der Waals surface area contributed by atoms with Gasteiger partial charge in [0.05, 0.1) is 0 Å². The van der Waals surface area contributed by atoms with Crippen LogP contribution in [-0.4, -0.2) is 37.1 Å². The molecule has 0 amide bonds. The summed E-state index contributed by atoms with van der Waals surface area (Å²) in [5.74, 6) is 0.358. The molecule has 19 heavy (non-hydrogen) atoms. The van der Waals surface area contributed by atoms with Crippen LogP contribution in [0.5, 0.6) is 0 Å². The van der Waals surface area contributed by atoms with Crippen LogP contribution in [0.3, 0.4) is 0 Å². The first-order valence-corrected chi connectivity index (χ1v) is 6.90. The topological polar surface area (TPSA) is 37.4 Å². The highest BCUT2D eigenvalue weighted by Crippen LogP contribution is 2.09. The Kier molecular flexibility index (Phi) is 9.06. The van der Waals surface area contributed by atoms with Crippen LogP contribution in [0.2, 0.25) is 0 Å². The van der Waals surface area contributed by atoms with Crippen LogP contribution in [0, 0.1) is 11.8 Å². The lowest BCUT2D eigenvalue weighted by Gasteiger charge is -2.07. The first kappa shape index (κ1) is 17.8. The lowest BCUT2D eigenvalue weighted by molar-refractivity contribution is -0.118. The predicted octanol–water partition coefficient (Wildman–Crippen LogP) is 2.87. The molecule has 0 aliphatic carbocycles. The van der Waals surface area contributed by atoms with Crippen molar-refractivity contribution >= 4 is 11.6 Å². The van der Waals surface area contributed by atoms with Gasteiger partial charge in [-0.2, -0.15) is 0 Å². The number of likely N-dealkylation sites (N-methyl/N-ethyl adjacent to an activating group) is 1. The molecular weight excluding hydrogens is 238 g/mol. The molecule has 0 aliphatic rings. The Labute approximate surface area is 117 Å². The molecule has 0 saturated carbocycles. The van der Waals surface area contributed by atoms with Crippen molar-refractivity contribution in [2.24, 2.45) is 11.8 Å². The summed E-state index contributed by atoms with van der Waals surface area (Å²) in [6.45, 7) is 6.48. The molecular formula is C16H27NO2. The molecule has 0 aromatic heterocycles. The first-order chi connectivity index (χ1) is 8.84. The molecule has 1 unspecified atom stereocenters. The molecule has 0 N–H and O–H groups in total. The van der Waals surface area contributed by atoms with E-state index in [1.54, 1.807) is 12.2 Å². The van der Waals surface area contributed by atoms with Crippen molar-refractivity contribution in [3.8, 4) is 0 Å². The fourth-order valence-corrected chi connectivity index (χ4v) is 1.42. The molecule has 0 saturated heterocycles. The van der Waals surface area contributed by atoms with Crippen molar-refractivity contribution in [2.45, 2.75) is 33.6 Å². The quantitative estimate of drug-likeness (QED) is 0.602. The molecule has 0 heterocycles. The first-order valence-electron chi connectivity index (χ1n) is 6.90. The smallest absolute Gasteiger partial charge is 0.158 e. The Balaban J connectivity index is 3.98. The average molecular weight is 265 g/mol. The number of ketones is 2. The van der Waals surface area contributed by atoms with Gasteiger partial charge in [0.15, 0.2) is 11.6 Å². The second-order valence-electron chi connectivity index (χ2n) is 5.50. The fraction of sp³-hybridized carbons (Fsp3) is 0.625. The Morgan fingerprint density at radius 1 is 1.00 bits per heavy atom. The van der Waals surface area contributed by atoms with Crippen molar-refractivity contribution in [2.75, 3.05) is 20.6 Å². The molecule has 1 atom stereocenters. The van der Waals surface area contributed by atoms with E-state index >= 15 is 0 Å². The van der Waals surface area contributed by atoms with E-state index in [4.69, 9.17) is 0 Å². The van der Waals surface area contributed by atoms with Crippen LogP contribution < -0.4 is 0 Å². The minimum atomic E-state index is 0.0113. The van der Waals surface area contributed by atoms with Crippen LogP contribution in [0.4, 0.5) is 0 Å². The second-order valence-corrected chi connectivity index (χ2v) is 5.50. The van der Waals surface area contributed by atoms with Crippen molar-refractivity contribution in [1.29, 1.82) is 0 Å². The Morgan fingerprint density at radius 3 is 2.11 bits per heavy atom. The molecule has 0 spiro atoms. The zero-order valence-corrected chi connectivity index (χ0v) is 12.8. The SMILES string of the molecule is CC(C)C(=O)/C=C/CCC(C)C(=O)/C=C/CN(C)C. The molecule has 0 fully saturated rings. The lowest BCUT2D eigenvalue weighted by atomic mass is 9.99. The summed E-state index contributed by atoms with van der Waals surface area (Å²) < 4.78 is 0.